The summed E-state index contributed by atoms with van der Waals surface area (Å²) in [5, 5.41) is 4.40. The zero-order valence-electron chi connectivity index (χ0n) is 19.2. The maximum atomic E-state index is 12.9. The molecule has 0 saturated heterocycles. The van der Waals surface area contributed by atoms with Crippen LogP contribution in [0.4, 0.5) is 0 Å². The van der Waals surface area contributed by atoms with Gasteiger partial charge in [0.15, 0.2) is 12.0 Å². The predicted octanol–water partition coefficient (Wildman–Crippen LogP) is 4.69. The molecule has 176 valence electrons. The molecule has 0 aliphatic rings. The Morgan fingerprint density at radius 1 is 1.00 bits per heavy atom. The number of carbonyl (C=O) groups excluding carboxylic acids is 1. The van der Waals surface area contributed by atoms with Crippen LogP contribution >= 0.6 is 0 Å². The van der Waals surface area contributed by atoms with Crippen LogP contribution in [0.5, 0.6) is 11.5 Å². The highest BCUT2D eigenvalue weighted by Crippen LogP contribution is 2.24. The number of aromatic nitrogens is 1. The molecule has 5 aromatic rings. The molecule has 2 aromatic heterocycles. The Kier molecular flexibility index (Phi) is 6.22. The van der Waals surface area contributed by atoms with Crippen molar-refractivity contribution in [2.75, 3.05) is 20.3 Å². The van der Waals surface area contributed by atoms with Gasteiger partial charge in [0.05, 0.1) is 18.1 Å². The smallest absolute Gasteiger partial charge is 0.257 e. The minimum Gasteiger partial charge on any atom is -0.497 e. The second-order valence-electron chi connectivity index (χ2n) is 8.12. The van der Waals surface area contributed by atoms with Gasteiger partial charge in [-0.2, -0.15) is 0 Å². The lowest BCUT2D eigenvalue weighted by Gasteiger charge is -2.09. The van der Waals surface area contributed by atoms with Crippen molar-refractivity contribution in [1.82, 2.24) is 10.3 Å². The van der Waals surface area contributed by atoms with E-state index in [4.69, 9.17) is 13.9 Å². The van der Waals surface area contributed by atoms with Gasteiger partial charge in [-0.3, -0.25) is 9.59 Å². The van der Waals surface area contributed by atoms with Crippen molar-refractivity contribution in [3.63, 3.8) is 0 Å². The van der Waals surface area contributed by atoms with E-state index in [2.05, 4.69) is 10.3 Å². The van der Waals surface area contributed by atoms with E-state index in [-0.39, 0.29) is 17.9 Å². The molecule has 0 aliphatic heterocycles. The Morgan fingerprint density at radius 2 is 1.83 bits per heavy atom. The number of nitrogens with one attached hydrogen (secondary N) is 2. The van der Waals surface area contributed by atoms with Gasteiger partial charge in [-0.15, -0.1) is 0 Å². The Hall–Kier alpha value is -4.52. The average Bonchev–Trinajstić information content (AvgIpc) is 3.30. The summed E-state index contributed by atoms with van der Waals surface area (Å²) in [6.07, 6.45) is 4.07. The number of H-pyrrole nitrogens is 1. The second-order valence-corrected chi connectivity index (χ2v) is 8.12. The normalized spacial score (nSPS) is 11.0. The zero-order valence-corrected chi connectivity index (χ0v) is 19.2. The van der Waals surface area contributed by atoms with Crippen molar-refractivity contribution >= 4 is 27.8 Å². The van der Waals surface area contributed by atoms with Gasteiger partial charge in [0.2, 0.25) is 0 Å². The number of methoxy groups -OCH3 is 1. The van der Waals surface area contributed by atoms with Gasteiger partial charge in [0.25, 0.3) is 5.91 Å². The third-order valence-corrected chi connectivity index (χ3v) is 5.89. The quantitative estimate of drug-likeness (QED) is 0.345. The van der Waals surface area contributed by atoms with Crippen molar-refractivity contribution in [3.05, 3.63) is 95.0 Å². The zero-order chi connectivity index (χ0) is 24.2. The van der Waals surface area contributed by atoms with Crippen LogP contribution < -0.4 is 20.2 Å². The molecule has 0 fully saturated rings. The number of fused-ring (bicyclic) bond motifs is 2. The molecule has 35 heavy (non-hydrogen) atoms. The molecule has 0 radical (unpaired) electrons. The summed E-state index contributed by atoms with van der Waals surface area (Å²) >= 11 is 0. The topological polar surface area (TPSA) is 93.6 Å². The number of ether oxygens (including phenoxy) is 2. The van der Waals surface area contributed by atoms with E-state index in [9.17, 15) is 9.59 Å². The van der Waals surface area contributed by atoms with E-state index in [0.717, 1.165) is 27.8 Å². The van der Waals surface area contributed by atoms with Crippen molar-refractivity contribution in [1.29, 1.82) is 0 Å². The first-order valence-corrected chi connectivity index (χ1v) is 11.3. The lowest BCUT2D eigenvalue weighted by atomic mass is 10.1. The van der Waals surface area contributed by atoms with Crippen LogP contribution in [0.15, 0.2) is 88.4 Å². The first-order valence-electron chi connectivity index (χ1n) is 11.3. The fourth-order valence-electron chi connectivity index (χ4n) is 4.04. The summed E-state index contributed by atoms with van der Waals surface area (Å²) in [7, 11) is 1.64. The Balaban J connectivity index is 1.19. The molecule has 0 unspecified atom stereocenters. The predicted molar refractivity (Wildman–Crippen MR) is 135 cm³/mol. The van der Waals surface area contributed by atoms with E-state index < -0.39 is 0 Å². The summed E-state index contributed by atoms with van der Waals surface area (Å²) < 4.78 is 16.6. The van der Waals surface area contributed by atoms with Gasteiger partial charge in [0.1, 0.15) is 23.3 Å². The molecule has 2 N–H and O–H groups in total. The summed E-state index contributed by atoms with van der Waals surface area (Å²) in [5.74, 6) is 1.01. The number of hydrogen-bond donors (Lipinski definition) is 2. The average molecular weight is 469 g/mol. The molecule has 0 atom stereocenters. The second kappa shape index (κ2) is 9.77. The molecule has 0 bridgehead atoms. The molecule has 0 aliphatic carbocycles. The fourth-order valence-corrected chi connectivity index (χ4v) is 4.04. The van der Waals surface area contributed by atoms with Crippen LogP contribution in [0, 0.1) is 0 Å². The van der Waals surface area contributed by atoms with Crippen LogP contribution in [-0.2, 0) is 11.2 Å². The highest BCUT2D eigenvalue weighted by molar-refractivity contribution is 5.85. The number of carbonyl (C=O) groups is 1. The summed E-state index contributed by atoms with van der Waals surface area (Å²) in [4.78, 5) is 28.4. The van der Waals surface area contributed by atoms with Crippen molar-refractivity contribution < 1.29 is 18.7 Å². The number of rotatable bonds is 8. The van der Waals surface area contributed by atoms with Gasteiger partial charge >= 0.3 is 0 Å². The fraction of sp³-hybridized carbons (Fsp3) is 0.143. The molecular weight excluding hydrogens is 444 g/mol. The first kappa shape index (κ1) is 22.3. The van der Waals surface area contributed by atoms with Crippen LogP contribution in [-0.4, -0.2) is 31.2 Å². The third kappa shape index (κ3) is 4.75. The van der Waals surface area contributed by atoms with Crippen LogP contribution in [0.3, 0.4) is 0 Å². The molecule has 7 heteroatoms. The van der Waals surface area contributed by atoms with E-state index >= 15 is 0 Å². The largest absolute Gasteiger partial charge is 0.497 e. The lowest BCUT2D eigenvalue weighted by Crippen LogP contribution is -2.30. The number of aromatic amines is 1. The van der Waals surface area contributed by atoms with Gasteiger partial charge < -0.3 is 24.2 Å². The summed E-state index contributed by atoms with van der Waals surface area (Å²) in [6.45, 7) is 0.334. The van der Waals surface area contributed by atoms with E-state index in [1.807, 2.05) is 54.7 Å². The van der Waals surface area contributed by atoms with Crippen LogP contribution in [0.2, 0.25) is 0 Å². The molecule has 0 saturated carbocycles. The Bertz CT molecular complexity index is 1550. The van der Waals surface area contributed by atoms with Crippen molar-refractivity contribution in [2.45, 2.75) is 6.42 Å². The molecular formula is C28H24N2O5. The molecule has 0 spiro atoms. The molecule has 7 nitrogen and oxygen atoms in total. The molecule has 5 rings (SSSR count). The van der Waals surface area contributed by atoms with Gasteiger partial charge in [-0.05, 0) is 47.9 Å². The number of amides is 1. The third-order valence-electron chi connectivity index (χ3n) is 5.89. The van der Waals surface area contributed by atoms with Crippen molar-refractivity contribution in [2.24, 2.45) is 0 Å². The van der Waals surface area contributed by atoms with Crippen LogP contribution in [0.1, 0.15) is 5.56 Å². The summed E-state index contributed by atoms with van der Waals surface area (Å²) in [5.41, 5.74) is 3.71. The summed E-state index contributed by atoms with van der Waals surface area (Å²) in [6, 6.07) is 20.2. The SMILES string of the molecule is COc1ccc2[nH]cc(CCNC(=O)COc3ccc4c(=O)c(-c5ccccc5)coc4c3)c2c1. The monoisotopic (exact) mass is 468 g/mol. The van der Waals surface area contributed by atoms with E-state index in [1.54, 1.807) is 25.3 Å². The van der Waals surface area contributed by atoms with Crippen LogP contribution in [0.25, 0.3) is 33.0 Å². The maximum absolute atomic E-state index is 12.9. The highest BCUT2D eigenvalue weighted by Gasteiger charge is 2.11. The van der Waals surface area contributed by atoms with Gasteiger partial charge in [0, 0.05) is 29.7 Å². The first-order chi connectivity index (χ1) is 17.1. The molecule has 1 amide bonds. The maximum Gasteiger partial charge on any atom is 0.257 e. The lowest BCUT2D eigenvalue weighted by molar-refractivity contribution is -0.123. The minimum atomic E-state index is -0.233. The Morgan fingerprint density at radius 3 is 2.66 bits per heavy atom. The minimum absolute atomic E-state index is 0.114. The molecule has 3 aromatic carbocycles. The van der Waals surface area contributed by atoms with E-state index in [0.29, 0.717) is 35.2 Å². The standard InChI is InChI=1S/C28H24N2O5/c1-33-20-8-10-25-23(13-20)19(15-30-25)11-12-29-27(31)17-34-21-7-9-22-26(14-21)35-16-24(28(22)32)18-5-3-2-4-6-18/h2-10,13-16,30H,11-12,17H2,1H3,(H,29,31). The van der Waals surface area contributed by atoms with Gasteiger partial charge in [-0.1, -0.05) is 30.3 Å². The van der Waals surface area contributed by atoms with Crippen molar-refractivity contribution in [3.8, 4) is 22.6 Å². The Labute approximate surface area is 201 Å². The van der Waals surface area contributed by atoms with E-state index in [1.165, 1.54) is 6.26 Å². The molecule has 2 heterocycles. The number of benzene rings is 3. The number of hydrogen-bond acceptors (Lipinski definition) is 5. The van der Waals surface area contributed by atoms with Gasteiger partial charge in [-0.25, -0.2) is 0 Å². The highest BCUT2D eigenvalue weighted by atomic mass is 16.5.